The lowest BCUT2D eigenvalue weighted by molar-refractivity contribution is -0.122. The van der Waals surface area contributed by atoms with Gasteiger partial charge in [0.15, 0.2) is 0 Å². The second-order valence-electron chi connectivity index (χ2n) is 9.29. The van der Waals surface area contributed by atoms with Crippen molar-refractivity contribution in [1.29, 1.82) is 0 Å². The van der Waals surface area contributed by atoms with Gasteiger partial charge in [-0.05, 0) is 82.5 Å². The van der Waals surface area contributed by atoms with Crippen molar-refractivity contribution >= 4 is 40.9 Å². The van der Waals surface area contributed by atoms with E-state index in [0.717, 1.165) is 32.9 Å². The maximum atomic E-state index is 15.3. The van der Waals surface area contributed by atoms with Gasteiger partial charge in [-0.25, -0.2) is 14.1 Å². The highest BCUT2D eigenvalue weighted by atomic mass is 19.1. The molecule has 2 heterocycles. The summed E-state index contributed by atoms with van der Waals surface area (Å²) < 4.78 is 15.3. The topological polar surface area (TPSA) is 69.7 Å². The van der Waals surface area contributed by atoms with Gasteiger partial charge in [0.1, 0.15) is 11.4 Å². The molecule has 2 aromatic carbocycles. The Morgan fingerprint density at radius 3 is 2.44 bits per heavy atom. The van der Waals surface area contributed by atoms with Gasteiger partial charge in [-0.1, -0.05) is 18.2 Å². The summed E-state index contributed by atoms with van der Waals surface area (Å²) in [5.41, 5.74) is 4.13. The summed E-state index contributed by atoms with van der Waals surface area (Å²) in [6.45, 7) is 12.5. The van der Waals surface area contributed by atoms with Crippen LogP contribution in [-0.2, 0) is 9.59 Å². The number of rotatable bonds is 3. The summed E-state index contributed by atoms with van der Waals surface area (Å²) in [5, 5.41) is 2.21. The van der Waals surface area contributed by atoms with Gasteiger partial charge in [-0.15, -0.1) is 0 Å². The van der Waals surface area contributed by atoms with Crippen LogP contribution < -0.4 is 15.1 Å². The molecule has 2 aromatic rings. The summed E-state index contributed by atoms with van der Waals surface area (Å²) in [6, 6.07) is 7.51. The highest BCUT2D eigenvalue weighted by Crippen LogP contribution is 2.40. The normalized spacial score (nSPS) is 18.7. The minimum absolute atomic E-state index is 0.107. The number of allylic oxidation sites excluding steroid dienone is 1. The summed E-state index contributed by atoms with van der Waals surface area (Å²) >= 11 is 0. The molecule has 0 bridgehead atoms. The largest absolute Gasteiger partial charge is 0.363 e. The number of amides is 4. The van der Waals surface area contributed by atoms with Crippen molar-refractivity contribution in [1.82, 2.24) is 5.32 Å². The van der Waals surface area contributed by atoms with E-state index in [9.17, 15) is 14.4 Å². The molecule has 1 N–H and O–H groups in total. The minimum atomic E-state index is -0.850. The smallest absolute Gasteiger partial charge is 0.335 e. The molecule has 0 radical (unpaired) electrons. The predicted octanol–water partition coefficient (Wildman–Crippen LogP) is 5.13. The van der Waals surface area contributed by atoms with E-state index in [2.05, 4.69) is 30.1 Å². The third-order valence-corrected chi connectivity index (χ3v) is 6.63. The summed E-state index contributed by atoms with van der Waals surface area (Å²) in [7, 11) is 0. The van der Waals surface area contributed by atoms with Crippen molar-refractivity contribution in [2.24, 2.45) is 0 Å². The molecule has 2 aliphatic heterocycles. The highest BCUT2D eigenvalue weighted by Gasteiger charge is 2.38. The van der Waals surface area contributed by atoms with E-state index in [-0.39, 0.29) is 16.7 Å². The van der Waals surface area contributed by atoms with Crippen LogP contribution in [0.2, 0.25) is 0 Å². The molecule has 0 atom stereocenters. The Labute approximate surface area is 198 Å². The molecule has 0 saturated carbocycles. The second kappa shape index (κ2) is 8.24. The number of nitrogens with one attached hydrogen (secondary N) is 1. The van der Waals surface area contributed by atoms with Crippen LogP contribution in [0.1, 0.15) is 49.9 Å². The van der Waals surface area contributed by atoms with Gasteiger partial charge < -0.3 is 4.90 Å². The quantitative estimate of drug-likeness (QED) is 0.508. The molecular weight excluding hydrogens is 433 g/mol. The Hall–Kier alpha value is -3.74. The number of halogens is 1. The van der Waals surface area contributed by atoms with Crippen LogP contribution in [0.25, 0.3) is 11.6 Å². The zero-order valence-electron chi connectivity index (χ0n) is 20.2. The highest BCUT2D eigenvalue weighted by molar-refractivity contribution is 6.39. The molecule has 0 aromatic heterocycles. The van der Waals surface area contributed by atoms with Crippen LogP contribution in [0.5, 0.6) is 0 Å². The maximum Gasteiger partial charge on any atom is 0.335 e. The summed E-state index contributed by atoms with van der Waals surface area (Å²) in [6.07, 6.45) is 3.34. The predicted molar refractivity (Wildman–Crippen MR) is 132 cm³/mol. The number of likely N-dealkylation sites (N-methyl/N-ethyl adjacent to an activating group) is 1. The minimum Gasteiger partial charge on any atom is -0.363 e. The van der Waals surface area contributed by atoms with Gasteiger partial charge >= 0.3 is 6.03 Å². The summed E-state index contributed by atoms with van der Waals surface area (Å²) in [4.78, 5) is 41.5. The first-order valence-electron chi connectivity index (χ1n) is 11.2. The number of nitrogens with zero attached hydrogens (tertiary/aromatic N) is 2. The fourth-order valence-electron chi connectivity index (χ4n) is 4.81. The molecule has 0 unspecified atom stereocenters. The lowest BCUT2D eigenvalue weighted by Gasteiger charge is -2.43. The standard InChI is InChI=1S/C27H28FN3O3/c1-7-30-23-13-21(28)18(11-19(23)16(3)14-27(30,5)6)12-20-24(32)29-26(34)31(25(20)33)22-10-8-9-15(2)17(22)4/h8-14H,7H2,1-6H3,(H,29,32,34)/b20-12-. The van der Waals surface area contributed by atoms with Gasteiger partial charge in [-0.2, -0.15) is 0 Å². The van der Waals surface area contributed by atoms with Crippen LogP contribution in [0.4, 0.5) is 20.6 Å². The molecule has 0 spiro atoms. The molecule has 1 fully saturated rings. The lowest BCUT2D eigenvalue weighted by Crippen LogP contribution is -2.54. The molecule has 4 rings (SSSR count). The fourth-order valence-corrected chi connectivity index (χ4v) is 4.81. The third-order valence-electron chi connectivity index (χ3n) is 6.63. The van der Waals surface area contributed by atoms with Crippen molar-refractivity contribution in [3.8, 4) is 0 Å². The number of barbiturate groups is 1. The molecule has 6 nitrogen and oxygen atoms in total. The molecule has 1 saturated heterocycles. The van der Waals surface area contributed by atoms with Crippen LogP contribution in [0.3, 0.4) is 0 Å². The monoisotopic (exact) mass is 461 g/mol. The van der Waals surface area contributed by atoms with Gasteiger partial charge in [0.25, 0.3) is 11.8 Å². The Morgan fingerprint density at radius 1 is 1.06 bits per heavy atom. The number of aryl methyl sites for hydroxylation is 1. The lowest BCUT2D eigenvalue weighted by atomic mass is 9.87. The van der Waals surface area contributed by atoms with Crippen LogP contribution in [-0.4, -0.2) is 29.9 Å². The number of benzene rings is 2. The van der Waals surface area contributed by atoms with Crippen LogP contribution >= 0.6 is 0 Å². The molecular formula is C27H28FN3O3. The average Bonchev–Trinajstić information content (AvgIpc) is 2.74. The van der Waals surface area contributed by atoms with Crippen molar-refractivity contribution in [2.45, 2.75) is 47.1 Å². The van der Waals surface area contributed by atoms with E-state index in [1.165, 1.54) is 12.1 Å². The Balaban J connectivity index is 1.82. The van der Waals surface area contributed by atoms with E-state index in [1.54, 1.807) is 25.1 Å². The van der Waals surface area contributed by atoms with Crippen molar-refractivity contribution < 1.29 is 18.8 Å². The molecule has 7 heteroatoms. The van der Waals surface area contributed by atoms with Gasteiger partial charge in [0, 0.05) is 23.4 Å². The van der Waals surface area contributed by atoms with E-state index in [0.29, 0.717) is 12.2 Å². The molecule has 34 heavy (non-hydrogen) atoms. The first-order chi connectivity index (χ1) is 16.0. The van der Waals surface area contributed by atoms with E-state index < -0.39 is 23.7 Å². The van der Waals surface area contributed by atoms with E-state index >= 15 is 4.39 Å². The zero-order chi connectivity index (χ0) is 24.9. The first kappa shape index (κ1) is 23.4. The van der Waals surface area contributed by atoms with Crippen molar-refractivity contribution in [3.05, 3.63) is 70.1 Å². The van der Waals surface area contributed by atoms with Gasteiger partial charge in [0.2, 0.25) is 0 Å². The van der Waals surface area contributed by atoms with Crippen LogP contribution in [0, 0.1) is 19.7 Å². The van der Waals surface area contributed by atoms with Gasteiger partial charge in [-0.3, -0.25) is 14.9 Å². The van der Waals surface area contributed by atoms with Crippen LogP contribution in [0.15, 0.2) is 42.0 Å². The average molecular weight is 462 g/mol. The Kier molecular flexibility index (Phi) is 5.67. The first-order valence-corrected chi connectivity index (χ1v) is 11.2. The van der Waals surface area contributed by atoms with E-state index in [4.69, 9.17) is 0 Å². The number of carbonyl (C=O) groups is 3. The number of anilines is 2. The van der Waals surface area contributed by atoms with Gasteiger partial charge in [0.05, 0.1) is 11.2 Å². The molecule has 4 amide bonds. The van der Waals surface area contributed by atoms with E-state index in [1.807, 2.05) is 26.8 Å². The number of carbonyl (C=O) groups excluding carboxylic acids is 3. The molecule has 2 aliphatic rings. The third kappa shape index (κ3) is 3.71. The number of hydrogen-bond acceptors (Lipinski definition) is 4. The molecule has 0 aliphatic carbocycles. The van der Waals surface area contributed by atoms with Crippen molar-refractivity contribution in [2.75, 3.05) is 16.3 Å². The summed E-state index contributed by atoms with van der Waals surface area (Å²) in [5.74, 6) is -2.19. The number of hydrogen-bond donors (Lipinski definition) is 1. The van der Waals surface area contributed by atoms with Crippen molar-refractivity contribution in [3.63, 3.8) is 0 Å². The Bertz CT molecular complexity index is 1310. The number of fused-ring (bicyclic) bond motifs is 1. The Morgan fingerprint density at radius 2 is 1.76 bits per heavy atom. The fraction of sp³-hybridized carbons (Fsp3) is 0.296. The zero-order valence-corrected chi connectivity index (χ0v) is 20.2. The second-order valence-corrected chi connectivity index (χ2v) is 9.29. The SMILES string of the molecule is CCN1c2cc(F)c(/C=C3/C(=O)NC(=O)N(c4cccc(C)c4C)C3=O)cc2C(C)=CC1(C)C. The molecule has 176 valence electrons. The maximum absolute atomic E-state index is 15.3. The number of urea groups is 1. The number of imide groups is 2.